The van der Waals surface area contributed by atoms with Crippen molar-refractivity contribution in [1.82, 2.24) is 15.1 Å². The van der Waals surface area contributed by atoms with Crippen molar-refractivity contribution in [3.8, 4) is 0 Å². The van der Waals surface area contributed by atoms with E-state index in [1.54, 1.807) is 18.7 Å². The molecule has 0 radical (unpaired) electrons. The first-order valence-electron chi connectivity index (χ1n) is 6.86. The fourth-order valence-electron chi connectivity index (χ4n) is 2.14. The van der Waals surface area contributed by atoms with Crippen LogP contribution in [0.25, 0.3) is 0 Å². The lowest BCUT2D eigenvalue weighted by molar-refractivity contribution is -0.133. The summed E-state index contributed by atoms with van der Waals surface area (Å²) >= 11 is 0. The van der Waals surface area contributed by atoms with Crippen LogP contribution in [0.4, 0.5) is 4.79 Å². The molecule has 20 heavy (non-hydrogen) atoms. The van der Waals surface area contributed by atoms with Crippen LogP contribution in [-0.2, 0) is 9.59 Å². The van der Waals surface area contributed by atoms with E-state index in [9.17, 15) is 14.4 Å². The molecule has 1 saturated heterocycles. The molecule has 1 rings (SSSR count). The van der Waals surface area contributed by atoms with Gasteiger partial charge in [-0.15, -0.1) is 0 Å². The maximum atomic E-state index is 12.0. The minimum absolute atomic E-state index is 0.0680. The summed E-state index contributed by atoms with van der Waals surface area (Å²) in [4.78, 5) is 38.2. The molecule has 4 amide bonds. The van der Waals surface area contributed by atoms with Crippen molar-refractivity contribution in [2.45, 2.75) is 39.2 Å². The second-order valence-electron chi connectivity index (χ2n) is 5.37. The predicted octanol–water partition coefficient (Wildman–Crippen LogP) is -0.0622. The average Bonchev–Trinajstić information content (AvgIpc) is 2.56. The maximum Gasteiger partial charge on any atom is 0.325 e. The lowest BCUT2D eigenvalue weighted by Gasteiger charge is -2.22. The van der Waals surface area contributed by atoms with E-state index in [4.69, 9.17) is 5.11 Å². The number of aliphatic hydroxyl groups excluding tert-OH is 1. The minimum atomic E-state index is -0.908. The molecule has 0 atom stereocenters. The van der Waals surface area contributed by atoms with Crippen molar-refractivity contribution in [2.24, 2.45) is 0 Å². The van der Waals surface area contributed by atoms with Gasteiger partial charge < -0.3 is 15.3 Å². The van der Waals surface area contributed by atoms with Gasteiger partial charge in [-0.05, 0) is 20.3 Å². The second-order valence-corrected chi connectivity index (χ2v) is 5.37. The molecule has 0 aliphatic carbocycles. The summed E-state index contributed by atoms with van der Waals surface area (Å²) in [5, 5.41) is 11.5. The predicted molar refractivity (Wildman–Crippen MR) is 72.9 cm³/mol. The highest BCUT2D eigenvalue weighted by atomic mass is 16.3. The Balaban J connectivity index is 2.56. The number of hydrogen-bond acceptors (Lipinski definition) is 4. The number of hydrogen-bond donors (Lipinski definition) is 2. The first-order valence-corrected chi connectivity index (χ1v) is 6.86. The molecular formula is C13H23N3O4. The molecular weight excluding hydrogens is 262 g/mol. The molecule has 0 aromatic rings. The molecule has 0 bridgehead atoms. The number of imide groups is 1. The quantitative estimate of drug-likeness (QED) is 0.641. The van der Waals surface area contributed by atoms with Crippen molar-refractivity contribution in [1.29, 1.82) is 0 Å². The summed E-state index contributed by atoms with van der Waals surface area (Å²) in [5.41, 5.74) is -0.908. The molecule has 7 nitrogen and oxygen atoms in total. The average molecular weight is 285 g/mol. The van der Waals surface area contributed by atoms with Crippen LogP contribution in [-0.4, -0.2) is 64.5 Å². The minimum Gasteiger partial charge on any atom is -0.395 e. The zero-order valence-corrected chi connectivity index (χ0v) is 12.3. The van der Waals surface area contributed by atoms with Gasteiger partial charge in [0.15, 0.2) is 0 Å². The van der Waals surface area contributed by atoms with Crippen LogP contribution >= 0.6 is 0 Å². The Hall–Kier alpha value is -1.63. The lowest BCUT2D eigenvalue weighted by atomic mass is 10.1. The molecule has 1 heterocycles. The molecule has 114 valence electrons. The Morgan fingerprint density at radius 3 is 2.45 bits per heavy atom. The summed E-state index contributed by atoms with van der Waals surface area (Å²) in [5.74, 6) is -0.481. The zero-order valence-electron chi connectivity index (χ0n) is 12.3. The molecule has 7 heteroatoms. The van der Waals surface area contributed by atoms with Gasteiger partial charge in [-0.1, -0.05) is 6.92 Å². The smallest absolute Gasteiger partial charge is 0.325 e. The van der Waals surface area contributed by atoms with Crippen LogP contribution in [0.15, 0.2) is 0 Å². The van der Waals surface area contributed by atoms with Gasteiger partial charge in [0.05, 0.1) is 6.61 Å². The molecule has 1 aliphatic heterocycles. The molecule has 2 N–H and O–H groups in total. The highest BCUT2D eigenvalue weighted by molar-refractivity contribution is 6.06. The lowest BCUT2D eigenvalue weighted by Crippen LogP contribution is -2.41. The Kier molecular flexibility index (Phi) is 5.50. The highest BCUT2D eigenvalue weighted by Gasteiger charge is 2.44. The van der Waals surface area contributed by atoms with Gasteiger partial charge in [-0.25, -0.2) is 4.79 Å². The molecule has 0 spiro atoms. The van der Waals surface area contributed by atoms with Gasteiger partial charge in [-0.3, -0.25) is 14.5 Å². The summed E-state index contributed by atoms with van der Waals surface area (Å²) in [7, 11) is 0. The van der Waals surface area contributed by atoms with Crippen LogP contribution < -0.4 is 5.32 Å². The number of carbonyl (C=O) groups is 3. The topological polar surface area (TPSA) is 89.9 Å². The number of carbonyl (C=O) groups excluding carboxylic acids is 3. The van der Waals surface area contributed by atoms with E-state index < -0.39 is 11.6 Å². The second kappa shape index (κ2) is 6.69. The van der Waals surface area contributed by atoms with E-state index in [2.05, 4.69) is 5.32 Å². The number of amides is 4. The molecule has 0 unspecified atom stereocenters. The normalized spacial score (nSPS) is 17.3. The van der Waals surface area contributed by atoms with Crippen LogP contribution in [0.3, 0.4) is 0 Å². The third-order valence-corrected chi connectivity index (χ3v) is 3.21. The van der Waals surface area contributed by atoms with E-state index in [1.807, 2.05) is 6.92 Å². The van der Waals surface area contributed by atoms with Crippen LogP contribution in [0.5, 0.6) is 0 Å². The van der Waals surface area contributed by atoms with E-state index in [0.717, 1.165) is 11.3 Å². The molecule has 1 fully saturated rings. The van der Waals surface area contributed by atoms with E-state index in [0.29, 0.717) is 6.54 Å². The number of nitrogens with one attached hydrogen (secondary N) is 1. The summed E-state index contributed by atoms with van der Waals surface area (Å²) in [6.07, 6.45) is 0.872. The van der Waals surface area contributed by atoms with Gasteiger partial charge in [0, 0.05) is 26.1 Å². The van der Waals surface area contributed by atoms with Crippen molar-refractivity contribution < 1.29 is 19.5 Å². The molecule has 0 aromatic heterocycles. The van der Waals surface area contributed by atoms with Crippen molar-refractivity contribution in [3.63, 3.8) is 0 Å². The first-order chi connectivity index (χ1) is 9.33. The largest absolute Gasteiger partial charge is 0.395 e. The third-order valence-electron chi connectivity index (χ3n) is 3.21. The fraction of sp³-hybridized carbons (Fsp3) is 0.769. The van der Waals surface area contributed by atoms with E-state index >= 15 is 0 Å². The van der Waals surface area contributed by atoms with Gasteiger partial charge in [0.25, 0.3) is 5.91 Å². The van der Waals surface area contributed by atoms with E-state index in [1.165, 1.54) is 0 Å². The Labute approximate surface area is 118 Å². The first kappa shape index (κ1) is 16.4. The van der Waals surface area contributed by atoms with Crippen molar-refractivity contribution >= 4 is 17.8 Å². The van der Waals surface area contributed by atoms with Crippen LogP contribution in [0.1, 0.15) is 33.6 Å². The molecule has 0 saturated carbocycles. The standard InChI is InChI=1S/C13H23N3O4/c1-4-6-15(8-9-17)10(18)5-7-16-11(19)13(2,3)14-12(16)20/h17H,4-9H2,1-3H3,(H,14,20). The Morgan fingerprint density at radius 1 is 1.35 bits per heavy atom. The summed E-state index contributed by atoms with van der Waals surface area (Å²) in [6, 6.07) is -0.461. The van der Waals surface area contributed by atoms with Gasteiger partial charge >= 0.3 is 6.03 Å². The highest BCUT2D eigenvalue weighted by Crippen LogP contribution is 2.16. The van der Waals surface area contributed by atoms with Crippen molar-refractivity contribution in [2.75, 3.05) is 26.2 Å². The zero-order chi connectivity index (χ0) is 15.3. The summed E-state index contributed by atoms with van der Waals surface area (Å²) in [6.45, 7) is 6.01. The Bertz CT molecular complexity index is 389. The number of urea groups is 1. The monoisotopic (exact) mass is 285 g/mol. The number of nitrogens with zero attached hydrogens (tertiary/aromatic N) is 2. The van der Waals surface area contributed by atoms with Crippen molar-refractivity contribution in [3.05, 3.63) is 0 Å². The van der Waals surface area contributed by atoms with Crippen LogP contribution in [0, 0.1) is 0 Å². The number of rotatable bonds is 7. The van der Waals surface area contributed by atoms with Crippen LogP contribution in [0.2, 0.25) is 0 Å². The molecule has 0 aromatic carbocycles. The maximum absolute atomic E-state index is 12.0. The fourth-order valence-corrected chi connectivity index (χ4v) is 2.14. The van der Waals surface area contributed by atoms with Gasteiger partial charge in [-0.2, -0.15) is 0 Å². The Morgan fingerprint density at radius 2 is 2.00 bits per heavy atom. The van der Waals surface area contributed by atoms with E-state index in [-0.39, 0.29) is 37.9 Å². The van der Waals surface area contributed by atoms with Gasteiger partial charge in [0.1, 0.15) is 5.54 Å². The molecule has 1 aliphatic rings. The third kappa shape index (κ3) is 3.69. The number of aliphatic hydroxyl groups is 1. The van der Waals surface area contributed by atoms with Gasteiger partial charge in [0.2, 0.25) is 5.91 Å². The summed E-state index contributed by atoms with van der Waals surface area (Å²) < 4.78 is 0. The SMILES string of the molecule is CCCN(CCO)C(=O)CCN1C(=O)NC(C)(C)C1=O.